The molecule has 1 aliphatic rings. The molecule has 3 nitrogen and oxygen atoms in total. The normalized spacial score (nSPS) is 21.3. The first kappa shape index (κ1) is 13.0. The molecule has 0 amide bonds. The summed E-state index contributed by atoms with van der Waals surface area (Å²) in [6.45, 7) is 3.39. The summed E-state index contributed by atoms with van der Waals surface area (Å²) in [5.74, 6) is 0. The molecule has 1 aromatic heterocycles. The van der Waals surface area contributed by atoms with Crippen molar-refractivity contribution in [2.75, 3.05) is 27.2 Å². The summed E-state index contributed by atoms with van der Waals surface area (Å²) in [6, 6.07) is 2.86. The van der Waals surface area contributed by atoms with Crippen molar-refractivity contribution in [1.29, 1.82) is 0 Å². The second kappa shape index (κ2) is 5.94. The standard InChI is InChI=1S/C13H20BrN3/c1-16(2)10-13-4-3-5-17(13)9-11-6-12(14)8-15-7-11/h6-8,13H,3-5,9-10H2,1-2H3. The molecular weight excluding hydrogens is 278 g/mol. The fraction of sp³-hybridized carbons (Fsp3) is 0.615. The van der Waals surface area contributed by atoms with E-state index in [0.717, 1.165) is 17.6 Å². The number of likely N-dealkylation sites (N-methyl/N-ethyl adjacent to an activating group) is 1. The van der Waals surface area contributed by atoms with Gasteiger partial charge in [0.05, 0.1) is 0 Å². The number of hydrogen-bond donors (Lipinski definition) is 0. The van der Waals surface area contributed by atoms with Gasteiger partial charge in [0.15, 0.2) is 0 Å². The van der Waals surface area contributed by atoms with Gasteiger partial charge in [0.25, 0.3) is 0 Å². The van der Waals surface area contributed by atoms with Crippen LogP contribution in [0.1, 0.15) is 18.4 Å². The van der Waals surface area contributed by atoms with Gasteiger partial charge < -0.3 is 4.90 Å². The second-order valence-electron chi connectivity index (χ2n) is 5.04. The summed E-state index contributed by atoms with van der Waals surface area (Å²) in [5.41, 5.74) is 1.30. The van der Waals surface area contributed by atoms with Gasteiger partial charge in [-0.15, -0.1) is 0 Å². The average Bonchev–Trinajstić information content (AvgIpc) is 2.65. The summed E-state index contributed by atoms with van der Waals surface area (Å²) in [4.78, 5) is 9.08. The maximum absolute atomic E-state index is 4.23. The minimum atomic E-state index is 0.698. The van der Waals surface area contributed by atoms with E-state index in [-0.39, 0.29) is 0 Å². The third-order valence-corrected chi connectivity index (χ3v) is 3.66. The summed E-state index contributed by atoms with van der Waals surface area (Å²) in [6.07, 6.45) is 6.44. The molecule has 0 aromatic carbocycles. The lowest BCUT2D eigenvalue weighted by Gasteiger charge is -2.26. The van der Waals surface area contributed by atoms with Crippen LogP contribution in [-0.2, 0) is 6.54 Å². The Labute approximate surface area is 112 Å². The van der Waals surface area contributed by atoms with Crippen LogP contribution in [0.25, 0.3) is 0 Å². The van der Waals surface area contributed by atoms with E-state index in [9.17, 15) is 0 Å². The number of hydrogen-bond acceptors (Lipinski definition) is 3. The van der Waals surface area contributed by atoms with Gasteiger partial charge in [-0.3, -0.25) is 9.88 Å². The van der Waals surface area contributed by atoms with Crippen LogP contribution in [0.2, 0.25) is 0 Å². The molecule has 0 N–H and O–H groups in total. The quantitative estimate of drug-likeness (QED) is 0.851. The SMILES string of the molecule is CN(C)CC1CCCN1Cc1cncc(Br)c1. The van der Waals surface area contributed by atoms with Crippen LogP contribution in [0.3, 0.4) is 0 Å². The number of pyridine rings is 1. The second-order valence-corrected chi connectivity index (χ2v) is 5.96. The highest BCUT2D eigenvalue weighted by atomic mass is 79.9. The van der Waals surface area contributed by atoms with Crippen molar-refractivity contribution >= 4 is 15.9 Å². The number of rotatable bonds is 4. The van der Waals surface area contributed by atoms with E-state index >= 15 is 0 Å². The molecule has 0 aliphatic carbocycles. The smallest absolute Gasteiger partial charge is 0.0410 e. The van der Waals surface area contributed by atoms with Gasteiger partial charge in [-0.05, 0) is 61.0 Å². The zero-order valence-electron chi connectivity index (χ0n) is 10.6. The lowest BCUT2D eigenvalue weighted by atomic mass is 10.2. The zero-order chi connectivity index (χ0) is 12.3. The van der Waals surface area contributed by atoms with E-state index < -0.39 is 0 Å². The summed E-state index contributed by atoms with van der Waals surface area (Å²) in [5, 5.41) is 0. The molecular formula is C13H20BrN3. The fourth-order valence-electron chi connectivity index (χ4n) is 2.51. The van der Waals surface area contributed by atoms with E-state index in [4.69, 9.17) is 0 Å². The molecule has 1 fully saturated rings. The molecule has 0 radical (unpaired) electrons. The predicted molar refractivity (Wildman–Crippen MR) is 73.9 cm³/mol. The number of halogens is 1. The monoisotopic (exact) mass is 297 g/mol. The van der Waals surface area contributed by atoms with Crippen LogP contribution in [0.5, 0.6) is 0 Å². The van der Waals surface area contributed by atoms with E-state index in [1.165, 1.54) is 24.9 Å². The lowest BCUT2D eigenvalue weighted by Crippen LogP contribution is -2.37. The first-order valence-electron chi connectivity index (χ1n) is 6.13. The summed E-state index contributed by atoms with van der Waals surface area (Å²) < 4.78 is 1.07. The molecule has 2 heterocycles. The predicted octanol–water partition coefficient (Wildman–Crippen LogP) is 2.37. The van der Waals surface area contributed by atoms with Gasteiger partial charge in [-0.25, -0.2) is 0 Å². The molecule has 94 valence electrons. The molecule has 1 aromatic rings. The molecule has 0 bridgehead atoms. The topological polar surface area (TPSA) is 19.4 Å². The minimum absolute atomic E-state index is 0.698. The van der Waals surface area contributed by atoms with Crippen LogP contribution < -0.4 is 0 Å². The third kappa shape index (κ3) is 3.76. The Morgan fingerprint density at radius 1 is 1.47 bits per heavy atom. The van der Waals surface area contributed by atoms with Crippen molar-refractivity contribution in [2.45, 2.75) is 25.4 Å². The summed E-state index contributed by atoms with van der Waals surface area (Å²) >= 11 is 3.48. The van der Waals surface area contributed by atoms with Gasteiger partial charge in [0.2, 0.25) is 0 Å². The summed E-state index contributed by atoms with van der Waals surface area (Å²) in [7, 11) is 4.30. The Balaban J connectivity index is 1.97. The largest absolute Gasteiger partial charge is 0.308 e. The van der Waals surface area contributed by atoms with Crippen molar-refractivity contribution in [3.8, 4) is 0 Å². The van der Waals surface area contributed by atoms with Gasteiger partial charge in [0.1, 0.15) is 0 Å². The van der Waals surface area contributed by atoms with E-state index in [1.807, 2.05) is 12.4 Å². The van der Waals surface area contributed by atoms with Crippen molar-refractivity contribution in [3.63, 3.8) is 0 Å². The van der Waals surface area contributed by atoms with Crippen LogP contribution in [0, 0.1) is 0 Å². The van der Waals surface area contributed by atoms with Crippen molar-refractivity contribution in [2.24, 2.45) is 0 Å². The fourth-order valence-corrected chi connectivity index (χ4v) is 2.92. The highest BCUT2D eigenvalue weighted by molar-refractivity contribution is 9.10. The molecule has 4 heteroatoms. The highest BCUT2D eigenvalue weighted by Crippen LogP contribution is 2.21. The van der Waals surface area contributed by atoms with Gasteiger partial charge in [0, 0.05) is 36.0 Å². The molecule has 1 unspecified atom stereocenters. The Kier molecular flexibility index (Phi) is 4.54. The van der Waals surface area contributed by atoms with Gasteiger partial charge in [-0.2, -0.15) is 0 Å². The van der Waals surface area contributed by atoms with Crippen LogP contribution >= 0.6 is 15.9 Å². The van der Waals surface area contributed by atoms with Crippen LogP contribution in [0.15, 0.2) is 22.9 Å². The molecule has 0 spiro atoms. The minimum Gasteiger partial charge on any atom is -0.308 e. The molecule has 1 aliphatic heterocycles. The molecule has 1 saturated heterocycles. The molecule has 17 heavy (non-hydrogen) atoms. The van der Waals surface area contributed by atoms with Gasteiger partial charge in [-0.1, -0.05) is 0 Å². The van der Waals surface area contributed by atoms with Gasteiger partial charge >= 0.3 is 0 Å². The maximum Gasteiger partial charge on any atom is 0.0410 e. The number of likely N-dealkylation sites (tertiary alicyclic amines) is 1. The average molecular weight is 298 g/mol. The van der Waals surface area contributed by atoms with Crippen LogP contribution in [-0.4, -0.2) is 48.0 Å². The molecule has 1 atom stereocenters. The zero-order valence-corrected chi connectivity index (χ0v) is 12.2. The van der Waals surface area contributed by atoms with E-state index in [0.29, 0.717) is 6.04 Å². The molecule has 0 saturated carbocycles. The first-order chi connectivity index (χ1) is 8.15. The van der Waals surface area contributed by atoms with E-state index in [2.05, 4.69) is 50.9 Å². The van der Waals surface area contributed by atoms with Crippen molar-refractivity contribution in [1.82, 2.24) is 14.8 Å². The highest BCUT2D eigenvalue weighted by Gasteiger charge is 2.24. The van der Waals surface area contributed by atoms with Crippen molar-refractivity contribution < 1.29 is 0 Å². The Morgan fingerprint density at radius 2 is 2.29 bits per heavy atom. The van der Waals surface area contributed by atoms with Crippen LogP contribution in [0.4, 0.5) is 0 Å². The Morgan fingerprint density at radius 3 is 3.00 bits per heavy atom. The number of nitrogens with zero attached hydrogens (tertiary/aromatic N) is 3. The number of aromatic nitrogens is 1. The lowest BCUT2D eigenvalue weighted by molar-refractivity contribution is 0.201. The third-order valence-electron chi connectivity index (χ3n) is 3.22. The molecule has 2 rings (SSSR count). The first-order valence-corrected chi connectivity index (χ1v) is 6.92. The van der Waals surface area contributed by atoms with E-state index in [1.54, 1.807) is 0 Å². The Hall–Kier alpha value is -0.450. The Bertz CT molecular complexity index is 367. The maximum atomic E-state index is 4.23. The van der Waals surface area contributed by atoms with Crippen molar-refractivity contribution in [3.05, 3.63) is 28.5 Å².